The van der Waals surface area contributed by atoms with Gasteiger partial charge in [-0.05, 0) is 23.8 Å². The lowest BCUT2D eigenvalue weighted by molar-refractivity contribution is 0.517. The Bertz CT molecular complexity index is 728. The lowest BCUT2D eigenvalue weighted by atomic mass is 10.0. The molecule has 20 heavy (non-hydrogen) atoms. The lowest BCUT2D eigenvalue weighted by Gasteiger charge is -2.05. The van der Waals surface area contributed by atoms with Gasteiger partial charge < -0.3 is 10.2 Å². The van der Waals surface area contributed by atoms with Gasteiger partial charge in [-0.25, -0.2) is 0 Å². The first-order valence-corrected chi connectivity index (χ1v) is 7.16. The SMILES string of the molecule is CCc1occc1-c1[nH]nc(N)c1-c1ccc(Br)cc1. The van der Waals surface area contributed by atoms with Crippen molar-refractivity contribution in [3.63, 3.8) is 0 Å². The minimum Gasteiger partial charge on any atom is -0.469 e. The number of nitrogen functional groups attached to an aromatic ring is 1. The summed E-state index contributed by atoms with van der Waals surface area (Å²) >= 11 is 3.44. The smallest absolute Gasteiger partial charge is 0.153 e. The number of hydrogen-bond donors (Lipinski definition) is 2. The van der Waals surface area contributed by atoms with E-state index in [9.17, 15) is 0 Å². The van der Waals surface area contributed by atoms with Crippen LogP contribution in [0.4, 0.5) is 5.82 Å². The number of aromatic nitrogens is 2. The molecule has 1 aromatic carbocycles. The number of hydrogen-bond acceptors (Lipinski definition) is 3. The molecule has 4 nitrogen and oxygen atoms in total. The van der Waals surface area contributed by atoms with E-state index in [0.29, 0.717) is 5.82 Å². The third kappa shape index (κ3) is 2.14. The van der Waals surface area contributed by atoms with Crippen molar-refractivity contribution in [3.8, 4) is 22.4 Å². The van der Waals surface area contributed by atoms with Crippen molar-refractivity contribution in [2.75, 3.05) is 5.73 Å². The van der Waals surface area contributed by atoms with Crippen molar-refractivity contribution in [3.05, 3.63) is 46.8 Å². The van der Waals surface area contributed by atoms with Gasteiger partial charge in [-0.2, -0.15) is 5.10 Å². The third-order valence-corrected chi connectivity index (χ3v) is 3.79. The van der Waals surface area contributed by atoms with Gasteiger partial charge in [0.1, 0.15) is 5.76 Å². The molecule has 0 aliphatic carbocycles. The molecule has 0 saturated heterocycles. The molecule has 0 amide bonds. The molecule has 0 radical (unpaired) electrons. The topological polar surface area (TPSA) is 67.8 Å². The molecule has 0 atom stereocenters. The van der Waals surface area contributed by atoms with Crippen LogP contribution in [0.5, 0.6) is 0 Å². The fraction of sp³-hybridized carbons (Fsp3) is 0.133. The van der Waals surface area contributed by atoms with Gasteiger partial charge in [-0.3, -0.25) is 5.10 Å². The van der Waals surface area contributed by atoms with Crippen molar-refractivity contribution in [2.24, 2.45) is 0 Å². The summed E-state index contributed by atoms with van der Waals surface area (Å²) in [7, 11) is 0. The molecule has 3 aromatic rings. The second kappa shape index (κ2) is 5.17. The number of nitrogens with zero attached hydrogens (tertiary/aromatic N) is 1. The van der Waals surface area contributed by atoms with Crippen molar-refractivity contribution in [1.29, 1.82) is 0 Å². The van der Waals surface area contributed by atoms with Crippen LogP contribution in [0, 0.1) is 0 Å². The molecule has 0 aliphatic heterocycles. The Morgan fingerprint density at radius 2 is 2.00 bits per heavy atom. The first-order valence-electron chi connectivity index (χ1n) is 6.37. The summed E-state index contributed by atoms with van der Waals surface area (Å²) in [5.41, 5.74) is 9.87. The Morgan fingerprint density at radius 3 is 2.70 bits per heavy atom. The van der Waals surface area contributed by atoms with Crippen molar-refractivity contribution < 1.29 is 4.42 Å². The van der Waals surface area contributed by atoms with Crippen LogP contribution < -0.4 is 5.73 Å². The number of nitrogens with one attached hydrogen (secondary N) is 1. The maximum atomic E-state index is 6.02. The van der Waals surface area contributed by atoms with E-state index in [-0.39, 0.29) is 0 Å². The van der Waals surface area contributed by atoms with E-state index in [0.717, 1.165) is 39.0 Å². The van der Waals surface area contributed by atoms with Crippen LogP contribution in [0.3, 0.4) is 0 Å². The summed E-state index contributed by atoms with van der Waals surface area (Å²) in [6, 6.07) is 9.94. The molecule has 102 valence electrons. The number of aryl methyl sites for hydroxylation is 1. The predicted octanol–water partition coefficient (Wildman–Crippen LogP) is 4.24. The van der Waals surface area contributed by atoms with Gasteiger partial charge in [0.2, 0.25) is 0 Å². The zero-order chi connectivity index (χ0) is 14.1. The van der Waals surface area contributed by atoms with Gasteiger partial charge in [-0.1, -0.05) is 35.0 Å². The number of furan rings is 1. The lowest BCUT2D eigenvalue weighted by Crippen LogP contribution is -1.89. The van der Waals surface area contributed by atoms with Gasteiger partial charge >= 0.3 is 0 Å². The van der Waals surface area contributed by atoms with E-state index in [2.05, 4.69) is 33.1 Å². The highest BCUT2D eigenvalue weighted by Crippen LogP contribution is 2.37. The number of halogens is 1. The van der Waals surface area contributed by atoms with Crippen LogP contribution >= 0.6 is 15.9 Å². The molecule has 0 bridgehead atoms. The van der Waals surface area contributed by atoms with Gasteiger partial charge in [0.15, 0.2) is 5.82 Å². The summed E-state index contributed by atoms with van der Waals surface area (Å²) in [6.07, 6.45) is 2.51. The van der Waals surface area contributed by atoms with Crippen LogP contribution in [0.1, 0.15) is 12.7 Å². The largest absolute Gasteiger partial charge is 0.469 e. The van der Waals surface area contributed by atoms with Gasteiger partial charge in [-0.15, -0.1) is 0 Å². The maximum Gasteiger partial charge on any atom is 0.153 e. The first kappa shape index (κ1) is 13.0. The molecule has 0 fully saturated rings. The highest BCUT2D eigenvalue weighted by Gasteiger charge is 2.18. The minimum absolute atomic E-state index is 0.491. The summed E-state index contributed by atoms with van der Waals surface area (Å²) in [6.45, 7) is 2.06. The second-order valence-electron chi connectivity index (χ2n) is 4.48. The Labute approximate surface area is 125 Å². The van der Waals surface area contributed by atoms with E-state index >= 15 is 0 Å². The van der Waals surface area contributed by atoms with Crippen LogP contribution in [-0.4, -0.2) is 10.2 Å². The van der Waals surface area contributed by atoms with Crippen LogP contribution in [0.2, 0.25) is 0 Å². The highest BCUT2D eigenvalue weighted by molar-refractivity contribution is 9.10. The molecular formula is C15H14BrN3O. The Hall–Kier alpha value is -2.01. The molecular weight excluding hydrogens is 318 g/mol. The Kier molecular flexibility index (Phi) is 3.36. The summed E-state index contributed by atoms with van der Waals surface area (Å²) in [4.78, 5) is 0. The average molecular weight is 332 g/mol. The van der Waals surface area contributed by atoms with E-state index in [4.69, 9.17) is 10.2 Å². The monoisotopic (exact) mass is 331 g/mol. The summed E-state index contributed by atoms with van der Waals surface area (Å²) in [5.74, 6) is 1.41. The fourth-order valence-electron chi connectivity index (χ4n) is 2.30. The van der Waals surface area contributed by atoms with Crippen LogP contribution in [0.25, 0.3) is 22.4 Å². The zero-order valence-corrected chi connectivity index (χ0v) is 12.6. The summed E-state index contributed by atoms with van der Waals surface area (Å²) < 4.78 is 6.52. The number of benzene rings is 1. The fourth-order valence-corrected chi connectivity index (χ4v) is 2.56. The Balaban J connectivity index is 2.17. The molecule has 5 heteroatoms. The summed E-state index contributed by atoms with van der Waals surface area (Å²) in [5, 5.41) is 7.16. The van der Waals surface area contributed by atoms with E-state index in [1.165, 1.54) is 0 Å². The average Bonchev–Trinajstić information content (AvgIpc) is 3.05. The van der Waals surface area contributed by atoms with Gasteiger partial charge in [0.05, 0.1) is 17.5 Å². The maximum absolute atomic E-state index is 6.02. The number of rotatable bonds is 3. The minimum atomic E-state index is 0.491. The zero-order valence-electron chi connectivity index (χ0n) is 11.0. The van der Waals surface area contributed by atoms with E-state index in [1.807, 2.05) is 30.3 Å². The second-order valence-corrected chi connectivity index (χ2v) is 5.39. The first-order chi connectivity index (χ1) is 9.70. The Morgan fingerprint density at radius 1 is 1.25 bits per heavy atom. The van der Waals surface area contributed by atoms with E-state index < -0.39 is 0 Å². The number of H-pyrrole nitrogens is 1. The normalized spacial score (nSPS) is 10.9. The number of aromatic amines is 1. The molecule has 0 spiro atoms. The number of anilines is 1. The van der Waals surface area contributed by atoms with Gasteiger partial charge in [0.25, 0.3) is 0 Å². The molecule has 2 aromatic heterocycles. The molecule has 0 unspecified atom stereocenters. The molecule has 0 saturated carbocycles. The quantitative estimate of drug-likeness (QED) is 0.754. The molecule has 3 N–H and O–H groups in total. The standard InChI is InChI=1S/C15H14BrN3O/c1-2-12-11(7-8-20-12)14-13(15(17)19-18-14)9-3-5-10(16)6-4-9/h3-8H,2H2,1H3,(H3,17,18,19). The van der Waals surface area contributed by atoms with Gasteiger partial charge in [0, 0.05) is 16.5 Å². The predicted molar refractivity (Wildman–Crippen MR) is 83.2 cm³/mol. The molecule has 0 aliphatic rings. The molecule has 3 rings (SSSR count). The number of nitrogens with two attached hydrogens (primary N) is 1. The van der Waals surface area contributed by atoms with Crippen LogP contribution in [-0.2, 0) is 6.42 Å². The van der Waals surface area contributed by atoms with Crippen molar-refractivity contribution >= 4 is 21.7 Å². The van der Waals surface area contributed by atoms with Crippen molar-refractivity contribution in [2.45, 2.75) is 13.3 Å². The van der Waals surface area contributed by atoms with E-state index in [1.54, 1.807) is 6.26 Å². The third-order valence-electron chi connectivity index (χ3n) is 3.26. The van der Waals surface area contributed by atoms with Crippen LogP contribution in [0.15, 0.2) is 45.5 Å². The highest BCUT2D eigenvalue weighted by atomic mass is 79.9. The van der Waals surface area contributed by atoms with Crippen molar-refractivity contribution in [1.82, 2.24) is 10.2 Å². The molecule has 2 heterocycles.